The van der Waals surface area contributed by atoms with E-state index in [1.54, 1.807) is 34.1 Å². The Labute approximate surface area is 142 Å². The number of benzene rings is 1. The SMILES string of the molecule is C[C@H]1CN(C(=O)c2ccc(C=O)cc2)CCN1C(=O)OC(C)(C)C. The molecular formula is C18H24N2O4. The first-order valence-corrected chi connectivity index (χ1v) is 8.05. The summed E-state index contributed by atoms with van der Waals surface area (Å²) in [4.78, 5) is 38.8. The first kappa shape index (κ1) is 18.0. The van der Waals surface area contributed by atoms with Crippen molar-refractivity contribution in [1.29, 1.82) is 0 Å². The summed E-state index contributed by atoms with van der Waals surface area (Å²) < 4.78 is 5.40. The van der Waals surface area contributed by atoms with Gasteiger partial charge in [0.15, 0.2) is 0 Å². The molecule has 6 heteroatoms. The summed E-state index contributed by atoms with van der Waals surface area (Å²) in [5, 5.41) is 0. The number of piperazine rings is 1. The molecule has 1 aliphatic heterocycles. The summed E-state index contributed by atoms with van der Waals surface area (Å²) >= 11 is 0. The van der Waals surface area contributed by atoms with Crippen molar-refractivity contribution < 1.29 is 19.1 Å². The lowest BCUT2D eigenvalue weighted by molar-refractivity contribution is 0.00198. The van der Waals surface area contributed by atoms with Crippen LogP contribution in [0.1, 0.15) is 48.4 Å². The van der Waals surface area contributed by atoms with E-state index in [4.69, 9.17) is 4.74 Å². The van der Waals surface area contributed by atoms with Crippen LogP contribution in [0.2, 0.25) is 0 Å². The summed E-state index contributed by atoms with van der Waals surface area (Å²) in [6, 6.07) is 6.43. The van der Waals surface area contributed by atoms with Crippen molar-refractivity contribution >= 4 is 18.3 Å². The summed E-state index contributed by atoms with van der Waals surface area (Å²) in [5.74, 6) is -0.0943. The van der Waals surface area contributed by atoms with Crippen LogP contribution in [0.3, 0.4) is 0 Å². The van der Waals surface area contributed by atoms with E-state index in [-0.39, 0.29) is 18.0 Å². The van der Waals surface area contributed by atoms with Crippen LogP contribution in [-0.4, -0.2) is 59.4 Å². The number of nitrogens with zero attached hydrogens (tertiary/aromatic N) is 2. The van der Waals surface area contributed by atoms with Crippen molar-refractivity contribution in [2.45, 2.75) is 39.3 Å². The first-order chi connectivity index (χ1) is 11.2. The molecule has 0 bridgehead atoms. The third-order valence-electron chi connectivity index (χ3n) is 3.84. The molecule has 0 spiro atoms. The normalized spacial score (nSPS) is 18.2. The van der Waals surface area contributed by atoms with Crippen molar-refractivity contribution in [3.63, 3.8) is 0 Å². The van der Waals surface area contributed by atoms with Crippen LogP contribution in [-0.2, 0) is 4.74 Å². The van der Waals surface area contributed by atoms with Crippen molar-refractivity contribution in [2.24, 2.45) is 0 Å². The Morgan fingerprint density at radius 3 is 2.29 bits per heavy atom. The quantitative estimate of drug-likeness (QED) is 0.781. The second-order valence-electron chi connectivity index (χ2n) is 7.01. The Morgan fingerprint density at radius 2 is 1.79 bits per heavy atom. The molecule has 1 aliphatic rings. The lowest BCUT2D eigenvalue weighted by atomic mass is 10.1. The van der Waals surface area contributed by atoms with Gasteiger partial charge in [-0.25, -0.2) is 4.79 Å². The zero-order valence-electron chi connectivity index (χ0n) is 14.6. The number of amides is 2. The molecule has 1 heterocycles. The van der Waals surface area contributed by atoms with Gasteiger partial charge in [0, 0.05) is 36.8 Å². The van der Waals surface area contributed by atoms with Gasteiger partial charge >= 0.3 is 6.09 Å². The van der Waals surface area contributed by atoms with E-state index in [1.807, 2.05) is 27.7 Å². The minimum atomic E-state index is -0.538. The molecule has 0 N–H and O–H groups in total. The molecule has 1 saturated heterocycles. The van der Waals surface area contributed by atoms with Gasteiger partial charge < -0.3 is 14.5 Å². The molecule has 0 unspecified atom stereocenters. The number of carbonyl (C=O) groups is 3. The number of hydrogen-bond acceptors (Lipinski definition) is 4. The molecule has 24 heavy (non-hydrogen) atoms. The van der Waals surface area contributed by atoms with Gasteiger partial charge in [-0.3, -0.25) is 9.59 Å². The molecule has 1 aromatic carbocycles. The fourth-order valence-corrected chi connectivity index (χ4v) is 2.62. The molecule has 130 valence electrons. The highest BCUT2D eigenvalue weighted by Gasteiger charge is 2.32. The molecule has 0 radical (unpaired) electrons. The Kier molecular flexibility index (Phi) is 5.26. The zero-order valence-corrected chi connectivity index (χ0v) is 14.6. The van der Waals surface area contributed by atoms with E-state index in [0.29, 0.717) is 30.8 Å². The molecule has 2 rings (SSSR count). The van der Waals surface area contributed by atoms with Gasteiger partial charge in [-0.15, -0.1) is 0 Å². The fraction of sp³-hybridized carbons (Fsp3) is 0.500. The van der Waals surface area contributed by atoms with Gasteiger partial charge in [-0.05, 0) is 39.8 Å². The Balaban J connectivity index is 2.00. The van der Waals surface area contributed by atoms with Gasteiger partial charge in [0.25, 0.3) is 5.91 Å². The van der Waals surface area contributed by atoms with Crippen molar-refractivity contribution in [2.75, 3.05) is 19.6 Å². The number of ether oxygens (including phenoxy) is 1. The van der Waals surface area contributed by atoms with Gasteiger partial charge in [-0.2, -0.15) is 0 Å². The molecule has 1 fully saturated rings. The summed E-state index contributed by atoms with van der Waals surface area (Å²) in [6.07, 6.45) is 0.396. The maximum absolute atomic E-state index is 12.6. The van der Waals surface area contributed by atoms with Crippen molar-refractivity contribution in [3.8, 4) is 0 Å². The van der Waals surface area contributed by atoms with E-state index in [0.717, 1.165) is 6.29 Å². The average molecular weight is 332 g/mol. The predicted octanol–water partition coefficient (Wildman–Crippen LogP) is 2.58. The van der Waals surface area contributed by atoms with Gasteiger partial charge in [0.2, 0.25) is 0 Å². The predicted molar refractivity (Wildman–Crippen MR) is 90.1 cm³/mol. The highest BCUT2D eigenvalue weighted by Crippen LogP contribution is 2.17. The van der Waals surface area contributed by atoms with Crippen LogP contribution >= 0.6 is 0 Å². The standard InChI is InChI=1S/C18H24N2O4/c1-13-11-19(9-10-20(13)17(23)24-18(2,3)4)16(22)15-7-5-14(12-21)6-8-15/h5-8,12-13H,9-11H2,1-4H3/t13-/m0/s1. The third kappa shape index (κ3) is 4.34. The molecule has 0 aliphatic carbocycles. The van der Waals surface area contributed by atoms with E-state index < -0.39 is 5.60 Å². The van der Waals surface area contributed by atoms with Crippen molar-refractivity contribution in [3.05, 3.63) is 35.4 Å². The minimum absolute atomic E-state index is 0.0943. The number of carbonyl (C=O) groups excluding carboxylic acids is 3. The van der Waals surface area contributed by atoms with Crippen LogP contribution in [0.25, 0.3) is 0 Å². The molecule has 6 nitrogen and oxygen atoms in total. The smallest absolute Gasteiger partial charge is 0.410 e. The van der Waals surface area contributed by atoms with E-state index >= 15 is 0 Å². The Morgan fingerprint density at radius 1 is 1.17 bits per heavy atom. The largest absolute Gasteiger partial charge is 0.444 e. The average Bonchev–Trinajstić information content (AvgIpc) is 2.52. The number of rotatable bonds is 2. The van der Waals surface area contributed by atoms with Crippen LogP contribution in [0.5, 0.6) is 0 Å². The van der Waals surface area contributed by atoms with Crippen LogP contribution in [0, 0.1) is 0 Å². The second kappa shape index (κ2) is 7.03. The maximum atomic E-state index is 12.6. The van der Waals surface area contributed by atoms with Crippen LogP contribution in [0.4, 0.5) is 4.79 Å². The molecule has 0 saturated carbocycles. The molecule has 1 atom stereocenters. The molecule has 0 aromatic heterocycles. The Hall–Kier alpha value is -2.37. The first-order valence-electron chi connectivity index (χ1n) is 8.05. The van der Waals surface area contributed by atoms with Gasteiger partial charge in [-0.1, -0.05) is 12.1 Å². The van der Waals surface area contributed by atoms with Crippen molar-refractivity contribution in [1.82, 2.24) is 9.80 Å². The summed E-state index contributed by atoms with van der Waals surface area (Å²) in [6.45, 7) is 8.74. The molecule has 1 aromatic rings. The minimum Gasteiger partial charge on any atom is -0.444 e. The van der Waals surface area contributed by atoms with Crippen LogP contribution < -0.4 is 0 Å². The summed E-state index contributed by atoms with van der Waals surface area (Å²) in [7, 11) is 0. The lowest BCUT2D eigenvalue weighted by Crippen LogP contribution is -2.56. The monoisotopic (exact) mass is 332 g/mol. The van der Waals surface area contributed by atoms with E-state index in [1.165, 1.54) is 0 Å². The van der Waals surface area contributed by atoms with E-state index in [2.05, 4.69) is 0 Å². The van der Waals surface area contributed by atoms with Gasteiger partial charge in [0.05, 0.1) is 0 Å². The number of hydrogen-bond donors (Lipinski definition) is 0. The highest BCUT2D eigenvalue weighted by atomic mass is 16.6. The summed E-state index contributed by atoms with van der Waals surface area (Å²) in [5.41, 5.74) is 0.539. The third-order valence-corrected chi connectivity index (χ3v) is 3.84. The fourth-order valence-electron chi connectivity index (χ4n) is 2.62. The number of aldehydes is 1. The highest BCUT2D eigenvalue weighted by molar-refractivity contribution is 5.95. The van der Waals surface area contributed by atoms with Crippen LogP contribution in [0.15, 0.2) is 24.3 Å². The van der Waals surface area contributed by atoms with Gasteiger partial charge in [0.1, 0.15) is 11.9 Å². The topological polar surface area (TPSA) is 66.9 Å². The second-order valence-corrected chi connectivity index (χ2v) is 7.01. The zero-order chi connectivity index (χ0) is 17.9. The maximum Gasteiger partial charge on any atom is 0.410 e. The molecular weight excluding hydrogens is 308 g/mol. The lowest BCUT2D eigenvalue weighted by Gasteiger charge is -2.40. The van der Waals surface area contributed by atoms with E-state index in [9.17, 15) is 14.4 Å². The molecule has 2 amide bonds. The Bertz CT molecular complexity index is 619.